The molecular weight excluding hydrogens is 289 g/mol. The number of nitrogens with zero attached hydrogens (tertiary/aromatic N) is 2. The summed E-state index contributed by atoms with van der Waals surface area (Å²) in [6, 6.07) is 4.70. The maximum absolute atomic E-state index is 13.3. The molecule has 0 unspecified atom stereocenters. The zero-order chi connectivity index (χ0) is 12.3. The van der Waals surface area contributed by atoms with Gasteiger partial charge in [-0.15, -0.1) is 0 Å². The van der Waals surface area contributed by atoms with Gasteiger partial charge in [-0.25, -0.2) is 4.39 Å². The van der Waals surface area contributed by atoms with Gasteiger partial charge in [0, 0.05) is 13.0 Å². The van der Waals surface area contributed by atoms with Crippen LogP contribution in [0.2, 0.25) is 0 Å². The second-order valence-corrected chi connectivity index (χ2v) is 4.26. The molecule has 0 spiro atoms. The van der Waals surface area contributed by atoms with Crippen molar-refractivity contribution in [3.8, 4) is 11.5 Å². The first-order valence-electron chi connectivity index (χ1n) is 5.14. The minimum atomic E-state index is -0.350. The van der Waals surface area contributed by atoms with E-state index in [1.54, 1.807) is 12.1 Å². The van der Waals surface area contributed by atoms with E-state index in [2.05, 4.69) is 31.4 Å². The van der Waals surface area contributed by atoms with Crippen molar-refractivity contribution < 1.29 is 8.91 Å². The normalized spacial score (nSPS) is 10.8. The molecule has 0 atom stereocenters. The number of benzene rings is 1. The average Bonchev–Trinajstić information content (AvgIpc) is 2.78. The molecule has 1 aromatic carbocycles. The van der Waals surface area contributed by atoms with E-state index in [0.717, 1.165) is 6.54 Å². The summed E-state index contributed by atoms with van der Waals surface area (Å²) < 4.78 is 18.8. The highest BCUT2D eigenvalue weighted by Crippen LogP contribution is 2.28. The van der Waals surface area contributed by atoms with Crippen molar-refractivity contribution in [1.82, 2.24) is 15.5 Å². The van der Waals surface area contributed by atoms with Crippen LogP contribution in [0.5, 0.6) is 0 Å². The molecule has 6 heteroatoms. The Kier molecular flexibility index (Phi) is 3.86. The van der Waals surface area contributed by atoms with Crippen LogP contribution in [0.1, 0.15) is 5.82 Å². The summed E-state index contributed by atoms with van der Waals surface area (Å²) in [7, 11) is 1.85. The van der Waals surface area contributed by atoms with Crippen LogP contribution in [-0.4, -0.2) is 23.7 Å². The lowest BCUT2D eigenvalue weighted by atomic mass is 10.2. The zero-order valence-corrected chi connectivity index (χ0v) is 10.8. The molecule has 0 bridgehead atoms. The first-order chi connectivity index (χ1) is 8.22. The van der Waals surface area contributed by atoms with Gasteiger partial charge in [-0.05, 0) is 35.1 Å². The monoisotopic (exact) mass is 299 g/mol. The molecule has 1 heterocycles. The quantitative estimate of drug-likeness (QED) is 0.942. The van der Waals surface area contributed by atoms with Gasteiger partial charge in [0.15, 0.2) is 5.82 Å². The van der Waals surface area contributed by atoms with E-state index in [9.17, 15) is 4.39 Å². The van der Waals surface area contributed by atoms with Crippen molar-refractivity contribution in [2.24, 2.45) is 0 Å². The predicted molar refractivity (Wildman–Crippen MR) is 65.0 cm³/mol. The van der Waals surface area contributed by atoms with Crippen molar-refractivity contribution in [3.05, 3.63) is 34.3 Å². The highest BCUT2D eigenvalue weighted by Gasteiger charge is 2.13. The number of halogens is 2. The van der Waals surface area contributed by atoms with Gasteiger partial charge in [0.25, 0.3) is 5.89 Å². The van der Waals surface area contributed by atoms with Gasteiger partial charge < -0.3 is 9.84 Å². The predicted octanol–water partition coefficient (Wildman–Crippen LogP) is 2.40. The third kappa shape index (κ3) is 2.70. The molecule has 0 aliphatic heterocycles. The van der Waals surface area contributed by atoms with Crippen LogP contribution in [0.15, 0.2) is 27.2 Å². The summed E-state index contributed by atoms with van der Waals surface area (Å²) in [5, 5.41) is 6.83. The van der Waals surface area contributed by atoms with Crippen molar-refractivity contribution in [1.29, 1.82) is 0 Å². The lowest BCUT2D eigenvalue weighted by Gasteiger charge is -1.98. The third-order valence-electron chi connectivity index (χ3n) is 2.25. The van der Waals surface area contributed by atoms with E-state index in [-0.39, 0.29) is 5.82 Å². The average molecular weight is 300 g/mol. The molecule has 4 nitrogen and oxygen atoms in total. The highest BCUT2D eigenvalue weighted by molar-refractivity contribution is 9.10. The number of hydrogen-bond donors (Lipinski definition) is 1. The van der Waals surface area contributed by atoms with E-state index in [1.807, 2.05) is 7.05 Å². The SMILES string of the molecule is CNCCc1noc(-c2cccc(F)c2Br)n1. The summed E-state index contributed by atoms with van der Waals surface area (Å²) in [6.07, 6.45) is 0.674. The van der Waals surface area contributed by atoms with Gasteiger partial charge in [0.05, 0.1) is 10.0 Å². The second-order valence-electron chi connectivity index (χ2n) is 3.47. The first-order valence-corrected chi connectivity index (χ1v) is 5.93. The molecule has 0 saturated heterocycles. The fourth-order valence-electron chi connectivity index (χ4n) is 1.37. The zero-order valence-electron chi connectivity index (χ0n) is 9.20. The number of aromatic nitrogens is 2. The Morgan fingerprint density at radius 2 is 2.29 bits per heavy atom. The van der Waals surface area contributed by atoms with Gasteiger partial charge in [-0.1, -0.05) is 11.2 Å². The summed E-state index contributed by atoms with van der Waals surface area (Å²) in [5.74, 6) is 0.575. The lowest BCUT2D eigenvalue weighted by Crippen LogP contribution is -2.11. The van der Waals surface area contributed by atoms with Crippen LogP contribution in [0.4, 0.5) is 4.39 Å². The summed E-state index contributed by atoms with van der Waals surface area (Å²) in [4.78, 5) is 4.21. The largest absolute Gasteiger partial charge is 0.334 e. The lowest BCUT2D eigenvalue weighted by molar-refractivity contribution is 0.421. The molecule has 0 fully saturated rings. The molecule has 2 rings (SSSR count). The fraction of sp³-hybridized carbons (Fsp3) is 0.273. The van der Waals surface area contributed by atoms with Crippen molar-refractivity contribution in [2.75, 3.05) is 13.6 Å². The third-order valence-corrected chi connectivity index (χ3v) is 3.05. The van der Waals surface area contributed by atoms with E-state index in [0.29, 0.717) is 28.2 Å². The summed E-state index contributed by atoms with van der Waals surface area (Å²) >= 11 is 3.16. The molecule has 0 aliphatic rings. The number of rotatable bonds is 4. The van der Waals surface area contributed by atoms with E-state index < -0.39 is 0 Å². The van der Waals surface area contributed by atoms with Gasteiger partial charge in [0.2, 0.25) is 0 Å². The molecule has 1 N–H and O–H groups in total. The van der Waals surface area contributed by atoms with Crippen molar-refractivity contribution >= 4 is 15.9 Å². The topological polar surface area (TPSA) is 51.0 Å². The van der Waals surface area contributed by atoms with Gasteiger partial charge >= 0.3 is 0 Å². The number of likely N-dealkylation sites (N-methyl/N-ethyl adjacent to an activating group) is 1. The van der Waals surface area contributed by atoms with Crippen LogP contribution < -0.4 is 5.32 Å². The van der Waals surface area contributed by atoms with Crippen molar-refractivity contribution in [3.63, 3.8) is 0 Å². The minimum absolute atomic E-state index is 0.322. The molecule has 0 saturated carbocycles. The number of nitrogens with one attached hydrogen (secondary N) is 1. The van der Waals surface area contributed by atoms with Crippen LogP contribution in [0.3, 0.4) is 0 Å². The first kappa shape index (κ1) is 12.2. The maximum atomic E-state index is 13.3. The Morgan fingerprint density at radius 3 is 3.06 bits per heavy atom. The Bertz CT molecular complexity index is 515. The molecule has 0 amide bonds. The Labute approximate surface area is 106 Å². The van der Waals surface area contributed by atoms with Crippen LogP contribution in [0, 0.1) is 5.82 Å². The minimum Gasteiger partial charge on any atom is -0.334 e. The molecule has 0 radical (unpaired) electrons. The Balaban J connectivity index is 2.27. The van der Waals surface area contributed by atoms with Gasteiger partial charge in [-0.3, -0.25) is 0 Å². The van der Waals surface area contributed by atoms with Gasteiger partial charge in [0.1, 0.15) is 5.82 Å². The van der Waals surface area contributed by atoms with Crippen LogP contribution >= 0.6 is 15.9 Å². The van der Waals surface area contributed by atoms with E-state index in [1.165, 1.54) is 6.07 Å². The number of hydrogen-bond acceptors (Lipinski definition) is 4. The second kappa shape index (κ2) is 5.37. The fourth-order valence-corrected chi connectivity index (χ4v) is 1.80. The molecule has 90 valence electrons. The standard InChI is InChI=1S/C11H11BrFN3O/c1-14-6-5-9-15-11(17-16-9)7-3-2-4-8(13)10(7)12/h2-4,14H,5-6H2,1H3. The molecule has 17 heavy (non-hydrogen) atoms. The van der Waals surface area contributed by atoms with Gasteiger partial charge in [-0.2, -0.15) is 4.98 Å². The molecule has 2 aromatic rings. The molecule has 1 aromatic heterocycles. The smallest absolute Gasteiger partial charge is 0.259 e. The van der Waals surface area contributed by atoms with Crippen molar-refractivity contribution in [2.45, 2.75) is 6.42 Å². The van der Waals surface area contributed by atoms with Crippen LogP contribution in [0.25, 0.3) is 11.5 Å². The van der Waals surface area contributed by atoms with Crippen LogP contribution in [-0.2, 0) is 6.42 Å². The highest BCUT2D eigenvalue weighted by atomic mass is 79.9. The Morgan fingerprint density at radius 1 is 1.47 bits per heavy atom. The summed E-state index contributed by atoms with van der Waals surface area (Å²) in [5.41, 5.74) is 0.563. The maximum Gasteiger partial charge on any atom is 0.259 e. The molecule has 0 aliphatic carbocycles. The molecular formula is C11H11BrFN3O. The van der Waals surface area contributed by atoms with E-state index >= 15 is 0 Å². The Hall–Kier alpha value is -1.27. The van der Waals surface area contributed by atoms with E-state index in [4.69, 9.17) is 4.52 Å². The summed E-state index contributed by atoms with van der Waals surface area (Å²) in [6.45, 7) is 0.767.